The summed E-state index contributed by atoms with van der Waals surface area (Å²) in [5, 5.41) is 3.71. The predicted octanol–water partition coefficient (Wildman–Crippen LogP) is 4.33. The van der Waals surface area contributed by atoms with Gasteiger partial charge in [-0.3, -0.25) is 4.79 Å². The maximum atomic E-state index is 11.8. The normalized spacial score (nSPS) is 10.4. The molecule has 2 aromatic rings. The summed E-state index contributed by atoms with van der Waals surface area (Å²) in [4.78, 5) is 11.8. The third kappa shape index (κ3) is 6.46. The van der Waals surface area contributed by atoms with Crippen LogP contribution in [0.2, 0.25) is 5.02 Å². The maximum absolute atomic E-state index is 11.8. The Morgan fingerprint density at radius 3 is 2.83 bits per heavy atom. The smallest absolute Gasteiger partial charge is 0.230 e. The summed E-state index contributed by atoms with van der Waals surface area (Å²) in [5.74, 6) is 2.13. The van der Waals surface area contributed by atoms with E-state index in [4.69, 9.17) is 16.3 Å². The van der Waals surface area contributed by atoms with Crippen LogP contribution in [0.3, 0.4) is 0 Å². The second kappa shape index (κ2) is 10.3. The van der Waals surface area contributed by atoms with Gasteiger partial charge in [0.05, 0.1) is 12.9 Å². The van der Waals surface area contributed by atoms with Gasteiger partial charge in [-0.2, -0.15) is 0 Å². The molecule has 2 aromatic carbocycles. The summed E-state index contributed by atoms with van der Waals surface area (Å²) in [6.45, 7) is 0.683. The van der Waals surface area contributed by atoms with Gasteiger partial charge in [-0.05, 0) is 42.2 Å². The van der Waals surface area contributed by atoms with Crippen molar-refractivity contribution >= 4 is 29.3 Å². The fraction of sp³-hybridized carbons (Fsp3) is 0.316. The Balaban J connectivity index is 1.60. The quantitative estimate of drug-likeness (QED) is 0.674. The zero-order valence-corrected chi connectivity index (χ0v) is 15.3. The predicted molar refractivity (Wildman–Crippen MR) is 102 cm³/mol. The molecule has 0 spiro atoms. The first-order valence-electron chi connectivity index (χ1n) is 7.90. The van der Waals surface area contributed by atoms with Crippen LogP contribution in [0.15, 0.2) is 48.5 Å². The lowest BCUT2D eigenvalue weighted by molar-refractivity contribution is -0.118. The van der Waals surface area contributed by atoms with E-state index in [-0.39, 0.29) is 5.91 Å². The molecule has 1 amide bonds. The van der Waals surface area contributed by atoms with E-state index in [1.165, 1.54) is 5.56 Å². The fourth-order valence-electron chi connectivity index (χ4n) is 2.27. The Kier molecular flexibility index (Phi) is 7.99. The molecule has 0 fully saturated rings. The van der Waals surface area contributed by atoms with Crippen molar-refractivity contribution < 1.29 is 9.53 Å². The number of thioether (sulfide) groups is 1. The summed E-state index contributed by atoms with van der Waals surface area (Å²) in [7, 11) is 1.67. The first-order chi connectivity index (χ1) is 11.7. The van der Waals surface area contributed by atoms with E-state index in [0.717, 1.165) is 34.9 Å². The molecule has 0 aromatic heterocycles. The molecule has 0 unspecified atom stereocenters. The summed E-state index contributed by atoms with van der Waals surface area (Å²) >= 11 is 7.67. The molecule has 24 heavy (non-hydrogen) atoms. The standard InChI is InChI=1S/C19H22ClNO2S/c1-23-17-9-4-6-15(12-17)7-5-11-21-19(22)14-24-13-16-8-2-3-10-18(16)20/h2-4,6,8-10,12H,5,7,11,13-14H2,1H3,(H,21,22). The number of methoxy groups -OCH3 is 1. The lowest BCUT2D eigenvalue weighted by Gasteiger charge is -2.07. The van der Waals surface area contributed by atoms with Crippen LogP contribution in [0.1, 0.15) is 17.5 Å². The van der Waals surface area contributed by atoms with E-state index in [1.54, 1.807) is 18.9 Å². The zero-order valence-electron chi connectivity index (χ0n) is 13.8. The van der Waals surface area contributed by atoms with Crippen LogP contribution < -0.4 is 10.1 Å². The highest BCUT2D eigenvalue weighted by Crippen LogP contribution is 2.20. The van der Waals surface area contributed by atoms with Crippen molar-refractivity contribution in [2.45, 2.75) is 18.6 Å². The molecule has 1 N–H and O–H groups in total. The third-order valence-electron chi connectivity index (χ3n) is 3.55. The largest absolute Gasteiger partial charge is 0.497 e. The molecule has 0 aliphatic carbocycles. The monoisotopic (exact) mass is 363 g/mol. The van der Waals surface area contributed by atoms with Crippen LogP contribution in [-0.4, -0.2) is 25.3 Å². The molecule has 3 nitrogen and oxygen atoms in total. The second-order valence-electron chi connectivity index (χ2n) is 5.39. The van der Waals surface area contributed by atoms with Crippen LogP contribution in [0.25, 0.3) is 0 Å². The molecular formula is C19H22ClNO2S. The van der Waals surface area contributed by atoms with Crippen molar-refractivity contribution in [3.8, 4) is 5.75 Å². The molecule has 0 aliphatic heterocycles. The molecule has 0 atom stereocenters. The van der Waals surface area contributed by atoms with Gasteiger partial charge in [0.25, 0.3) is 0 Å². The Bertz CT molecular complexity index is 663. The second-order valence-corrected chi connectivity index (χ2v) is 6.78. The van der Waals surface area contributed by atoms with Crippen LogP contribution >= 0.6 is 23.4 Å². The topological polar surface area (TPSA) is 38.3 Å². The SMILES string of the molecule is COc1cccc(CCCNC(=O)CSCc2ccccc2Cl)c1. The number of carbonyl (C=O) groups excluding carboxylic acids is 1. The highest BCUT2D eigenvalue weighted by Gasteiger charge is 2.04. The van der Waals surface area contributed by atoms with Crippen LogP contribution in [0.4, 0.5) is 0 Å². The average molecular weight is 364 g/mol. The molecule has 0 saturated carbocycles. The number of carbonyl (C=O) groups is 1. The van der Waals surface area contributed by atoms with Crippen molar-refractivity contribution in [3.05, 3.63) is 64.7 Å². The van der Waals surface area contributed by atoms with Crippen molar-refractivity contribution in [2.75, 3.05) is 19.4 Å². The van der Waals surface area contributed by atoms with Gasteiger partial charge in [0.1, 0.15) is 5.75 Å². The Hall–Kier alpha value is -1.65. The van der Waals surface area contributed by atoms with Gasteiger partial charge in [-0.25, -0.2) is 0 Å². The number of hydrogen-bond donors (Lipinski definition) is 1. The van der Waals surface area contributed by atoms with Crippen LogP contribution in [0, 0.1) is 0 Å². The number of aryl methyl sites for hydroxylation is 1. The third-order valence-corrected chi connectivity index (χ3v) is 4.90. The number of nitrogens with one attached hydrogen (secondary N) is 1. The molecule has 0 bridgehead atoms. The lowest BCUT2D eigenvalue weighted by Crippen LogP contribution is -2.26. The van der Waals surface area contributed by atoms with E-state index in [0.29, 0.717) is 12.3 Å². The highest BCUT2D eigenvalue weighted by atomic mass is 35.5. The number of ether oxygens (including phenoxy) is 1. The number of benzene rings is 2. The van der Waals surface area contributed by atoms with Gasteiger partial charge in [-0.15, -0.1) is 11.8 Å². The number of halogens is 1. The summed E-state index contributed by atoms with van der Waals surface area (Å²) in [5.41, 5.74) is 2.28. The number of rotatable bonds is 9. The van der Waals surface area contributed by atoms with Gasteiger partial charge in [0.15, 0.2) is 0 Å². The van der Waals surface area contributed by atoms with Crippen LogP contribution in [-0.2, 0) is 17.0 Å². The first kappa shape index (κ1) is 18.7. The minimum Gasteiger partial charge on any atom is -0.497 e. The molecule has 0 aliphatic rings. The molecule has 5 heteroatoms. The average Bonchev–Trinajstić information content (AvgIpc) is 2.60. The summed E-state index contributed by atoms with van der Waals surface area (Å²) < 4.78 is 5.21. The van der Waals surface area contributed by atoms with E-state index in [1.807, 2.05) is 42.5 Å². The van der Waals surface area contributed by atoms with E-state index in [9.17, 15) is 4.79 Å². The zero-order chi connectivity index (χ0) is 17.2. The molecule has 2 rings (SSSR count). The Morgan fingerprint density at radius 1 is 1.21 bits per heavy atom. The van der Waals surface area contributed by atoms with Gasteiger partial charge in [0, 0.05) is 17.3 Å². The van der Waals surface area contributed by atoms with Crippen LogP contribution in [0.5, 0.6) is 5.75 Å². The van der Waals surface area contributed by atoms with Crippen molar-refractivity contribution in [2.24, 2.45) is 0 Å². The van der Waals surface area contributed by atoms with E-state index in [2.05, 4.69) is 11.4 Å². The minimum atomic E-state index is 0.0673. The Labute approximate surface area is 152 Å². The van der Waals surface area contributed by atoms with Gasteiger partial charge in [0.2, 0.25) is 5.91 Å². The summed E-state index contributed by atoms with van der Waals surface area (Å²) in [6.07, 6.45) is 1.83. The maximum Gasteiger partial charge on any atom is 0.230 e. The number of hydrogen-bond acceptors (Lipinski definition) is 3. The molecule has 128 valence electrons. The summed E-state index contributed by atoms with van der Waals surface area (Å²) in [6, 6.07) is 15.7. The Morgan fingerprint density at radius 2 is 2.04 bits per heavy atom. The fourth-order valence-corrected chi connectivity index (χ4v) is 3.41. The molecular weight excluding hydrogens is 342 g/mol. The van der Waals surface area contributed by atoms with E-state index < -0.39 is 0 Å². The van der Waals surface area contributed by atoms with Gasteiger partial charge >= 0.3 is 0 Å². The van der Waals surface area contributed by atoms with Crippen molar-refractivity contribution in [1.82, 2.24) is 5.32 Å². The minimum absolute atomic E-state index is 0.0673. The molecule has 0 radical (unpaired) electrons. The first-order valence-corrected chi connectivity index (χ1v) is 9.43. The van der Waals surface area contributed by atoms with Crippen molar-refractivity contribution in [1.29, 1.82) is 0 Å². The van der Waals surface area contributed by atoms with E-state index >= 15 is 0 Å². The molecule has 0 saturated heterocycles. The number of amides is 1. The van der Waals surface area contributed by atoms with Crippen molar-refractivity contribution in [3.63, 3.8) is 0 Å². The molecule has 0 heterocycles. The highest BCUT2D eigenvalue weighted by molar-refractivity contribution is 7.99. The van der Waals surface area contributed by atoms with Gasteiger partial charge < -0.3 is 10.1 Å². The van der Waals surface area contributed by atoms with Gasteiger partial charge in [-0.1, -0.05) is 41.9 Å². The lowest BCUT2D eigenvalue weighted by atomic mass is 10.1.